The molecule has 0 heterocycles. The van der Waals surface area contributed by atoms with E-state index in [9.17, 15) is 4.79 Å². The lowest BCUT2D eigenvalue weighted by molar-refractivity contribution is -0.119. The second-order valence-electron chi connectivity index (χ2n) is 4.11. The highest BCUT2D eigenvalue weighted by Crippen LogP contribution is 2.30. The molecule has 1 aromatic rings. The molecular formula is C13H18INO3. The summed E-state index contributed by atoms with van der Waals surface area (Å²) in [4.78, 5) is 11.0. The fourth-order valence-corrected chi connectivity index (χ4v) is 2.52. The molecule has 4 nitrogen and oxygen atoms in total. The van der Waals surface area contributed by atoms with E-state index >= 15 is 0 Å². The molecule has 0 aliphatic carbocycles. The maximum Gasteiger partial charge on any atom is 0.217 e. The smallest absolute Gasteiger partial charge is 0.217 e. The molecule has 0 unspecified atom stereocenters. The molecule has 1 atom stereocenters. The van der Waals surface area contributed by atoms with E-state index in [1.165, 1.54) is 6.92 Å². The van der Waals surface area contributed by atoms with E-state index in [0.29, 0.717) is 0 Å². The molecular weight excluding hydrogens is 345 g/mol. The minimum atomic E-state index is -0.0210. The predicted octanol–water partition coefficient (Wildman–Crippen LogP) is 2.38. The van der Waals surface area contributed by atoms with E-state index in [4.69, 9.17) is 9.47 Å². The number of hydrogen-bond acceptors (Lipinski definition) is 3. The Balaban J connectivity index is 2.96. The first kappa shape index (κ1) is 15.1. The SMILES string of the molecule is COc1cc(C[C@H](C)NC(C)=O)c(I)c(OC)c1. The maximum atomic E-state index is 11.0. The molecule has 1 N–H and O–H groups in total. The highest BCUT2D eigenvalue weighted by Gasteiger charge is 2.13. The van der Waals surface area contributed by atoms with Crippen molar-refractivity contribution in [2.45, 2.75) is 26.3 Å². The third-order valence-electron chi connectivity index (χ3n) is 2.52. The molecule has 1 amide bonds. The molecule has 0 bridgehead atoms. The van der Waals surface area contributed by atoms with E-state index in [1.807, 2.05) is 19.1 Å². The van der Waals surface area contributed by atoms with Gasteiger partial charge in [-0.05, 0) is 47.6 Å². The van der Waals surface area contributed by atoms with Crippen molar-refractivity contribution < 1.29 is 14.3 Å². The van der Waals surface area contributed by atoms with Gasteiger partial charge in [-0.25, -0.2) is 0 Å². The minimum Gasteiger partial charge on any atom is -0.497 e. The first-order valence-corrected chi connectivity index (χ1v) is 6.73. The average molecular weight is 363 g/mol. The van der Waals surface area contributed by atoms with Crippen LogP contribution in [-0.2, 0) is 11.2 Å². The van der Waals surface area contributed by atoms with Crippen molar-refractivity contribution in [1.29, 1.82) is 0 Å². The Morgan fingerprint density at radius 2 is 2.06 bits per heavy atom. The van der Waals surface area contributed by atoms with Gasteiger partial charge < -0.3 is 14.8 Å². The number of methoxy groups -OCH3 is 2. The molecule has 5 heteroatoms. The fourth-order valence-electron chi connectivity index (χ4n) is 1.77. The molecule has 1 aromatic carbocycles. The summed E-state index contributed by atoms with van der Waals surface area (Å²) in [5.41, 5.74) is 1.10. The maximum absolute atomic E-state index is 11.0. The van der Waals surface area contributed by atoms with Gasteiger partial charge in [0, 0.05) is 19.0 Å². The number of nitrogens with one attached hydrogen (secondary N) is 1. The molecule has 0 aliphatic heterocycles. The van der Waals surface area contributed by atoms with Gasteiger partial charge >= 0.3 is 0 Å². The summed E-state index contributed by atoms with van der Waals surface area (Å²) in [5.74, 6) is 1.53. The molecule has 0 spiro atoms. The van der Waals surface area contributed by atoms with E-state index < -0.39 is 0 Å². The Morgan fingerprint density at radius 1 is 1.39 bits per heavy atom. The number of rotatable bonds is 5. The number of hydrogen-bond donors (Lipinski definition) is 1. The van der Waals surface area contributed by atoms with Gasteiger partial charge in [0.15, 0.2) is 0 Å². The Morgan fingerprint density at radius 3 is 2.56 bits per heavy atom. The summed E-state index contributed by atoms with van der Waals surface area (Å²) >= 11 is 2.25. The number of amides is 1. The lowest BCUT2D eigenvalue weighted by Gasteiger charge is -2.16. The Bertz CT molecular complexity index is 434. The van der Waals surface area contributed by atoms with E-state index in [1.54, 1.807) is 14.2 Å². The summed E-state index contributed by atoms with van der Waals surface area (Å²) in [5, 5.41) is 2.87. The van der Waals surface area contributed by atoms with Gasteiger partial charge in [0.05, 0.1) is 17.8 Å². The van der Waals surface area contributed by atoms with Crippen LogP contribution in [-0.4, -0.2) is 26.2 Å². The van der Waals surface area contributed by atoms with E-state index in [-0.39, 0.29) is 11.9 Å². The molecule has 0 saturated carbocycles. The quantitative estimate of drug-likeness (QED) is 0.818. The Kier molecular flexibility index (Phi) is 5.71. The standard InChI is InChI=1S/C13H18INO3/c1-8(15-9(2)16)5-10-6-11(17-3)7-12(18-4)13(10)14/h6-8H,5H2,1-4H3,(H,15,16)/t8-/m0/s1. The zero-order chi connectivity index (χ0) is 13.7. The highest BCUT2D eigenvalue weighted by molar-refractivity contribution is 14.1. The first-order valence-electron chi connectivity index (χ1n) is 5.65. The molecule has 0 aliphatic rings. The monoisotopic (exact) mass is 363 g/mol. The van der Waals surface area contributed by atoms with Crippen LogP contribution >= 0.6 is 22.6 Å². The van der Waals surface area contributed by atoms with Crippen molar-refractivity contribution in [3.8, 4) is 11.5 Å². The van der Waals surface area contributed by atoms with Crippen molar-refractivity contribution in [1.82, 2.24) is 5.32 Å². The third kappa shape index (κ3) is 4.04. The Labute approximate surface area is 121 Å². The largest absolute Gasteiger partial charge is 0.497 e. The Hall–Kier alpha value is -0.980. The fraction of sp³-hybridized carbons (Fsp3) is 0.462. The predicted molar refractivity (Wildman–Crippen MR) is 79.2 cm³/mol. The molecule has 18 heavy (non-hydrogen) atoms. The van der Waals surface area contributed by atoms with Crippen LogP contribution in [0.25, 0.3) is 0 Å². The lowest BCUT2D eigenvalue weighted by Crippen LogP contribution is -2.32. The normalized spacial score (nSPS) is 11.8. The van der Waals surface area contributed by atoms with Gasteiger partial charge in [-0.1, -0.05) is 0 Å². The van der Waals surface area contributed by atoms with Gasteiger partial charge in [-0.15, -0.1) is 0 Å². The van der Waals surface area contributed by atoms with Crippen LogP contribution in [0.2, 0.25) is 0 Å². The van der Waals surface area contributed by atoms with Crippen LogP contribution in [0.1, 0.15) is 19.4 Å². The summed E-state index contributed by atoms with van der Waals surface area (Å²) in [7, 11) is 3.26. The van der Waals surface area contributed by atoms with Gasteiger partial charge in [-0.2, -0.15) is 0 Å². The highest BCUT2D eigenvalue weighted by atomic mass is 127. The molecule has 0 aromatic heterocycles. The number of carbonyl (C=O) groups excluding carboxylic acids is 1. The minimum absolute atomic E-state index is 0.0210. The third-order valence-corrected chi connectivity index (χ3v) is 3.74. The second-order valence-corrected chi connectivity index (χ2v) is 5.19. The van der Waals surface area contributed by atoms with Gasteiger partial charge in [0.1, 0.15) is 11.5 Å². The van der Waals surface area contributed by atoms with Crippen molar-refractivity contribution in [3.05, 3.63) is 21.3 Å². The second kappa shape index (κ2) is 6.82. The molecule has 0 fully saturated rings. The van der Waals surface area contributed by atoms with Crippen LogP contribution in [0.15, 0.2) is 12.1 Å². The van der Waals surface area contributed by atoms with Crippen molar-refractivity contribution in [2.75, 3.05) is 14.2 Å². The van der Waals surface area contributed by atoms with Gasteiger partial charge in [-0.3, -0.25) is 4.79 Å². The molecule has 0 radical (unpaired) electrons. The molecule has 100 valence electrons. The van der Waals surface area contributed by atoms with Crippen LogP contribution in [0.3, 0.4) is 0 Å². The number of benzene rings is 1. The summed E-state index contributed by atoms with van der Waals surface area (Å²) in [6.45, 7) is 3.50. The van der Waals surface area contributed by atoms with Crippen LogP contribution in [0.4, 0.5) is 0 Å². The van der Waals surface area contributed by atoms with Gasteiger partial charge in [0.25, 0.3) is 0 Å². The van der Waals surface area contributed by atoms with Crippen LogP contribution in [0.5, 0.6) is 11.5 Å². The number of ether oxygens (including phenoxy) is 2. The topological polar surface area (TPSA) is 47.6 Å². The lowest BCUT2D eigenvalue weighted by atomic mass is 10.1. The zero-order valence-electron chi connectivity index (χ0n) is 11.0. The van der Waals surface area contributed by atoms with Crippen molar-refractivity contribution in [3.63, 3.8) is 0 Å². The van der Waals surface area contributed by atoms with Gasteiger partial charge in [0.2, 0.25) is 5.91 Å². The molecule has 0 saturated heterocycles. The first-order chi connectivity index (χ1) is 8.47. The summed E-state index contributed by atoms with van der Waals surface area (Å²) < 4.78 is 11.6. The molecule has 1 rings (SSSR count). The average Bonchev–Trinajstić information content (AvgIpc) is 2.30. The number of halogens is 1. The number of carbonyl (C=O) groups is 1. The van der Waals surface area contributed by atoms with Crippen LogP contribution in [0, 0.1) is 3.57 Å². The van der Waals surface area contributed by atoms with E-state index in [2.05, 4.69) is 27.9 Å². The van der Waals surface area contributed by atoms with E-state index in [0.717, 1.165) is 27.1 Å². The zero-order valence-corrected chi connectivity index (χ0v) is 13.2. The van der Waals surface area contributed by atoms with Crippen molar-refractivity contribution >= 4 is 28.5 Å². The summed E-state index contributed by atoms with van der Waals surface area (Å²) in [6, 6.07) is 3.91. The summed E-state index contributed by atoms with van der Waals surface area (Å²) in [6.07, 6.45) is 0.741. The van der Waals surface area contributed by atoms with Crippen LogP contribution < -0.4 is 14.8 Å². The van der Waals surface area contributed by atoms with Crippen molar-refractivity contribution in [2.24, 2.45) is 0 Å².